The lowest BCUT2D eigenvalue weighted by Crippen LogP contribution is -2.31. The van der Waals surface area contributed by atoms with Crippen LogP contribution in [0.5, 0.6) is 0 Å². The molecule has 0 bridgehead atoms. The molecule has 28 heavy (non-hydrogen) atoms. The van der Waals surface area contributed by atoms with Crippen LogP contribution < -0.4 is 0 Å². The first kappa shape index (κ1) is 28.0. The van der Waals surface area contributed by atoms with Crippen LogP contribution in [0.25, 0.3) is 0 Å². The van der Waals surface area contributed by atoms with Gasteiger partial charge in [0.25, 0.3) is 0 Å². The molecule has 0 spiro atoms. The van der Waals surface area contributed by atoms with Gasteiger partial charge in [0.15, 0.2) is 0 Å². The molecule has 0 saturated heterocycles. The van der Waals surface area contributed by atoms with Gasteiger partial charge >= 0.3 is 0 Å². The van der Waals surface area contributed by atoms with Gasteiger partial charge < -0.3 is 4.90 Å². The zero-order valence-electron chi connectivity index (χ0n) is 20.9. The zero-order valence-corrected chi connectivity index (χ0v) is 20.9. The zero-order chi connectivity index (χ0) is 21.0. The Balaban J connectivity index is 4.19. The molecule has 0 aliphatic carbocycles. The summed E-state index contributed by atoms with van der Waals surface area (Å²) < 4.78 is 0. The summed E-state index contributed by atoms with van der Waals surface area (Å²) in [5.74, 6) is 2.68. The van der Waals surface area contributed by atoms with E-state index in [0.29, 0.717) is 0 Å². The topological polar surface area (TPSA) is 3.24 Å². The van der Waals surface area contributed by atoms with Gasteiger partial charge in [0.05, 0.1) is 0 Å². The normalized spacial score (nSPS) is 14.1. The van der Waals surface area contributed by atoms with Gasteiger partial charge in [-0.05, 0) is 56.5 Å². The van der Waals surface area contributed by atoms with Gasteiger partial charge in [-0.25, -0.2) is 0 Å². The van der Waals surface area contributed by atoms with Crippen LogP contribution in [0.15, 0.2) is 0 Å². The van der Waals surface area contributed by atoms with E-state index < -0.39 is 0 Å². The first-order valence-corrected chi connectivity index (χ1v) is 13.3. The van der Waals surface area contributed by atoms with Gasteiger partial charge in [-0.1, -0.05) is 112 Å². The second-order valence-electron chi connectivity index (χ2n) is 10.1. The molecule has 0 fully saturated rings. The van der Waals surface area contributed by atoms with E-state index in [0.717, 1.165) is 17.8 Å². The van der Waals surface area contributed by atoms with Gasteiger partial charge in [0.1, 0.15) is 0 Å². The first-order chi connectivity index (χ1) is 13.5. The van der Waals surface area contributed by atoms with E-state index in [-0.39, 0.29) is 0 Å². The van der Waals surface area contributed by atoms with E-state index in [9.17, 15) is 0 Å². The van der Waals surface area contributed by atoms with Gasteiger partial charge in [-0.15, -0.1) is 0 Å². The minimum atomic E-state index is 0.854. The maximum Gasteiger partial charge on any atom is 0.000955 e. The van der Waals surface area contributed by atoms with E-state index in [1.807, 2.05) is 0 Å². The molecule has 0 aliphatic rings. The Morgan fingerprint density at radius 1 is 0.607 bits per heavy atom. The van der Waals surface area contributed by atoms with Gasteiger partial charge in [-0.3, -0.25) is 0 Å². The molecule has 0 aliphatic heterocycles. The fourth-order valence-corrected chi connectivity index (χ4v) is 4.62. The molecule has 1 nitrogen and oxygen atoms in total. The Bertz CT molecular complexity index is 299. The van der Waals surface area contributed by atoms with Gasteiger partial charge in [0.2, 0.25) is 0 Å². The van der Waals surface area contributed by atoms with E-state index in [1.54, 1.807) is 0 Å². The van der Waals surface area contributed by atoms with Crippen LogP contribution in [0.4, 0.5) is 0 Å². The maximum absolute atomic E-state index is 2.84. The number of unbranched alkanes of at least 4 members (excludes halogenated alkanes) is 8. The summed E-state index contributed by atoms with van der Waals surface area (Å²) in [6, 6.07) is 0. The minimum Gasteiger partial charge on any atom is -0.303 e. The predicted octanol–water partition coefficient (Wildman–Crippen LogP) is 9.11. The highest BCUT2D eigenvalue weighted by Crippen LogP contribution is 2.19. The fourth-order valence-electron chi connectivity index (χ4n) is 4.62. The van der Waals surface area contributed by atoms with Gasteiger partial charge in [0, 0.05) is 6.54 Å². The SMILES string of the molecule is CCCCCCCCCN(CCCCC(C)CC(C)C)CC(CC)CCCC. The molecule has 170 valence electrons. The summed E-state index contributed by atoms with van der Waals surface area (Å²) in [5.41, 5.74) is 0. The predicted molar refractivity (Wildman–Crippen MR) is 130 cm³/mol. The number of nitrogens with zero attached hydrogens (tertiary/aromatic N) is 1. The summed E-state index contributed by atoms with van der Waals surface area (Å²) in [4.78, 5) is 2.84. The molecule has 0 amide bonds. The molecule has 0 aromatic carbocycles. The average Bonchev–Trinajstić information content (AvgIpc) is 2.66. The largest absolute Gasteiger partial charge is 0.303 e. The minimum absolute atomic E-state index is 0.854. The molecule has 0 rings (SSSR count). The standard InChI is InChI=1S/C27H57N/c1-7-10-12-13-14-15-17-21-28(24-27(9-3)20-11-8-2)22-18-16-19-26(6)23-25(4)5/h25-27H,7-24H2,1-6H3. The van der Waals surface area contributed by atoms with Crippen LogP contribution in [0.3, 0.4) is 0 Å². The Kier molecular flexibility index (Phi) is 20.2. The molecule has 0 heterocycles. The maximum atomic E-state index is 2.84. The molecule has 0 aromatic heterocycles. The van der Waals surface area contributed by atoms with E-state index in [2.05, 4.69) is 46.4 Å². The van der Waals surface area contributed by atoms with E-state index in [1.165, 1.54) is 116 Å². The van der Waals surface area contributed by atoms with Crippen LogP contribution in [-0.2, 0) is 0 Å². The second kappa shape index (κ2) is 20.2. The number of hydrogen-bond acceptors (Lipinski definition) is 1. The summed E-state index contributed by atoms with van der Waals surface area (Å²) >= 11 is 0. The highest BCUT2D eigenvalue weighted by molar-refractivity contribution is 4.67. The first-order valence-electron chi connectivity index (χ1n) is 13.3. The lowest BCUT2D eigenvalue weighted by atomic mass is 9.94. The third-order valence-electron chi connectivity index (χ3n) is 6.43. The van der Waals surface area contributed by atoms with Crippen molar-refractivity contribution in [3.8, 4) is 0 Å². The summed E-state index contributed by atoms with van der Waals surface area (Å²) in [5, 5.41) is 0. The third-order valence-corrected chi connectivity index (χ3v) is 6.43. The molecule has 0 N–H and O–H groups in total. The van der Waals surface area contributed by atoms with Crippen molar-refractivity contribution in [2.45, 2.75) is 138 Å². The van der Waals surface area contributed by atoms with Crippen molar-refractivity contribution in [1.82, 2.24) is 4.90 Å². The van der Waals surface area contributed by atoms with Crippen LogP contribution in [0.2, 0.25) is 0 Å². The highest BCUT2D eigenvalue weighted by atomic mass is 15.1. The Hall–Kier alpha value is -0.0400. The van der Waals surface area contributed by atoms with Crippen molar-refractivity contribution in [3.05, 3.63) is 0 Å². The van der Waals surface area contributed by atoms with Crippen molar-refractivity contribution in [1.29, 1.82) is 0 Å². The Labute approximate surface area is 180 Å². The van der Waals surface area contributed by atoms with Crippen LogP contribution in [0.1, 0.15) is 138 Å². The molecule has 2 unspecified atom stereocenters. The second-order valence-corrected chi connectivity index (χ2v) is 10.1. The number of rotatable bonds is 21. The summed E-state index contributed by atoms with van der Waals surface area (Å²) in [6.45, 7) is 18.3. The van der Waals surface area contributed by atoms with Crippen molar-refractivity contribution in [3.63, 3.8) is 0 Å². The molecule has 1 heteroatoms. The summed E-state index contributed by atoms with van der Waals surface area (Å²) in [6.07, 6.45) is 21.2. The lowest BCUT2D eigenvalue weighted by Gasteiger charge is -2.27. The third kappa shape index (κ3) is 18.0. The molecule has 0 aromatic rings. The summed E-state index contributed by atoms with van der Waals surface area (Å²) in [7, 11) is 0. The van der Waals surface area contributed by atoms with E-state index in [4.69, 9.17) is 0 Å². The van der Waals surface area contributed by atoms with Crippen molar-refractivity contribution >= 4 is 0 Å². The Morgan fingerprint density at radius 3 is 1.75 bits per heavy atom. The molecule has 0 radical (unpaired) electrons. The molecule has 2 atom stereocenters. The molecular weight excluding hydrogens is 338 g/mol. The van der Waals surface area contributed by atoms with E-state index >= 15 is 0 Å². The van der Waals surface area contributed by atoms with Gasteiger partial charge in [-0.2, -0.15) is 0 Å². The van der Waals surface area contributed by atoms with Crippen molar-refractivity contribution < 1.29 is 0 Å². The van der Waals surface area contributed by atoms with Crippen molar-refractivity contribution in [2.75, 3.05) is 19.6 Å². The molecule has 0 saturated carbocycles. The average molecular weight is 396 g/mol. The monoisotopic (exact) mass is 395 g/mol. The lowest BCUT2D eigenvalue weighted by molar-refractivity contribution is 0.208. The smallest absolute Gasteiger partial charge is 0.000955 e. The highest BCUT2D eigenvalue weighted by Gasteiger charge is 2.13. The van der Waals surface area contributed by atoms with Crippen LogP contribution >= 0.6 is 0 Å². The number of hydrogen-bond donors (Lipinski definition) is 0. The fraction of sp³-hybridized carbons (Fsp3) is 1.00. The van der Waals surface area contributed by atoms with Crippen molar-refractivity contribution in [2.24, 2.45) is 17.8 Å². The van der Waals surface area contributed by atoms with Crippen LogP contribution in [-0.4, -0.2) is 24.5 Å². The van der Waals surface area contributed by atoms with Crippen LogP contribution in [0, 0.1) is 17.8 Å². The molecular formula is C27H57N. The Morgan fingerprint density at radius 2 is 1.18 bits per heavy atom. The quantitative estimate of drug-likeness (QED) is 0.175.